The van der Waals surface area contributed by atoms with Crippen LogP contribution in [0.2, 0.25) is 0 Å². The molecule has 0 saturated heterocycles. The molecule has 0 amide bonds. The molecule has 0 aliphatic carbocycles. The summed E-state index contributed by atoms with van der Waals surface area (Å²) in [5.74, 6) is 0. The lowest BCUT2D eigenvalue weighted by Crippen LogP contribution is -2.21. The lowest BCUT2D eigenvalue weighted by atomic mass is 10.2. The van der Waals surface area contributed by atoms with Gasteiger partial charge in [0.2, 0.25) is 0 Å². The van der Waals surface area contributed by atoms with Crippen LogP contribution in [-0.2, 0) is 0 Å². The Balaban J connectivity index is 2.73. The van der Waals surface area contributed by atoms with Crippen LogP contribution in [-0.4, -0.2) is 15.0 Å². The molecule has 3 aromatic rings. The van der Waals surface area contributed by atoms with Gasteiger partial charge in [-0.2, -0.15) is 0 Å². The molecule has 2 heterocycles. The van der Waals surface area contributed by atoms with Crippen LogP contribution >= 0.6 is 0 Å². The normalized spacial score (nSPS) is 11.2. The van der Waals surface area contributed by atoms with E-state index in [4.69, 9.17) is 0 Å². The summed E-state index contributed by atoms with van der Waals surface area (Å²) in [6.45, 7) is 0. The third kappa shape index (κ3) is 1.03. The Bertz CT molecular complexity index is 763. The number of aromatic amines is 3. The highest BCUT2D eigenvalue weighted by molar-refractivity contribution is 6.04. The molecule has 0 aliphatic rings. The first-order valence-corrected chi connectivity index (χ1v) is 4.49. The van der Waals surface area contributed by atoms with Crippen molar-refractivity contribution in [3.63, 3.8) is 0 Å². The first kappa shape index (κ1) is 8.05. The highest BCUT2D eigenvalue weighted by atomic mass is 16.2. The molecule has 5 heteroatoms. The lowest BCUT2D eigenvalue weighted by Gasteiger charge is -1.88. The maximum atomic E-state index is 11.5. The number of nitrogens with one attached hydrogen (secondary N) is 3. The van der Waals surface area contributed by atoms with Gasteiger partial charge >= 0.3 is 5.69 Å². The fourth-order valence-corrected chi connectivity index (χ4v) is 1.75. The van der Waals surface area contributed by atoms with E-state index in [2.05, 4.69) is 15.0 Å². The van der Waals surface area contributed by atoms with Crippen LogP contribution < -0.4 is 11.2 Å². The topological polar surface area (TPSA) is 81.5 Å². The number of H-pyrrole nitrogens is 3. The number of fused-ring (bicyclic) bond motifs is 3. The van der Waals surface area contributed by atoms with Crippen molar-refractivity contribution >= 4 is 21.9 Å². The van der Waals surface area contributed by atoms with Gasteiger partial charge in [-0.15, -0.1) is 0 Å². The van der Waals surface area contributed by atoms with E-state index in [1.165, 1.54) is 0 Å². The summed E-state index contributed by atoms with van der Waals surface area (Å²) in [7, 11) is 0. The summed E-state index contributed by atoms with van der Waals surface area (Å²) in [6.07, 6.45) is 0. The van der Waals surface area contributed by atoms with Gasteiger partial charge in [-0.1, -0.05) is 18.2 Å². The van der Waals surface area contributed by atoms with E-state index in [0.29, 0.717) is 11.0 Å². The minimum Gasteiger partial charge on any atom is -0.349 e. The number of para-hydroxylation sites is 1. The molecule has 0 aliphatic heterocycles. The molecule has 0 unspecified atom stereocenters. The minimum atomic E-state index is -0.489. The zero-order valence-corrected chi connectivity index (χ0v) is 7.63. The molecule has 0 saturated carbocycles. The summed E-state index contributed by atoms with van der Waals surface area (Å²) in [5.41, 5.74) is 0.900. The van der Waals surface area contributed by atoms with Gasteiger partial charge in [-0.05, 0) is 6.07 Å². The van der Waals surface area contributed by atoms with Crippen LogP contribution in [0.5, 0.6) is 0 Å². The summed E-state index contributed by atoms with van der Waals surface area (Å²) >= 11 is 0. The Labute approximate surface area is 82.8 Å². The average molecular weight is 201 g/mol. The molecule has 0 radical (unpaired) electrons. The van der Waals surface area contributed by atoms with Crippen LogP contribution in [0.15, 0.2) is 33.9 Å². The van der Waals surface area contributed by atoms with Gasteiger partial charge in [0, 0.05) is 10.9 Å². The fraction of sp³-hybridized carbons (Fsp3) is 0. The lowest BCUT2D eigenvalue weighted by molar-refractivity contribution is 1.08. The summed E-state index contributed by atoms with van der Waals surface area (Å²) in [5, 5.41) is 0.843. The van der Waals surface area contributed by atoms with Gasteiger partial charge in [0.05, 0.1) is 5.52 Å². The summed E-state index contributed by atoms with van der Waals surface area (Å²) in [6, 6.07) is 7.43. The molecule has 0 fully saturated rings. The molecule has 5 nitrogen and oxygen atoms in total. The van der Waals surface area contributed by atoms with E-state index >= 15 is 0 Å². The second kappa shape index (κ2) is 2.60. The molecule has 0 spiro atoms. The number of rotatable bonds is 0. The van der Waals surface area contributed by atoms with Crippen molar-refractivity contribution in [3.05, 3.63) is 45.1 Å². The standard InChI is InChI=1S/C10H7N3O2/c14-9-8-7(12-10(15)13-9)5-3-1-2-4-6(5)11-8/h1-4,11H,(H2,12,13,14,15). The van der Waals surface area contributed by atoms with Gasteiger partial charge in [0.15, 0.2) is 0 Å². The molecule has 0 bridgehead atoms. The predicted octanol–water partition coefficient (Wildman–Crippen LogP) is 0.698. The van der Waals surface area contributed by atoms with E-state index in [1.54, 1.807) is 0 Å². The van der Waals surface area contributed by atoms with Gasteiger partial charge in [0.1, 0.15) is 5.52 Å². The largest absolute Gasteiger partial charge is 0.349 e. The number of hydrogen-bond donors (Lipinski definition) is 3. The van der Waals surface area contributed by atoms with Crippen LogP contribution in [0.25, 0.3) is 21.9 Å². The van der Waals surface area contributed by atoms with Crippen LogP contribution in [0.1, 0.15) is 0 Å². The van der Waals surface area contributed by atoms with Crippen molar-refractivity contribution in [2.24, 2.45) is 0 Å². The maximum absolute atomic E-state index is 11.5. The Morgan fingerprint density at radius 3 is 2.53 bits per heavy atom. The van der Waals surface area contributed by atoms with Gasteiger partial charge < -0.3 is 9.97 Å². The molecule has 0 atom stereocenters. The second-order valence-corrected chi connectivity index (χ2v) is 3.33. The molecule has 2 aromatic heterocycles. The molecule has 1 aromatic carbocycles. The quantitative estimate of drug-likeness (QED) is 0.500. The predicted molar refractivity (Wildman–Crippen MR) is 57.0 cm³/mol. The van der Waals surface area contributed by atoms with Crippen LogP contribution in [0.3, 0.4) is 0 Å². The van der Waals surface area contributed by atoms with Gasteiger partial charge in [-0.25, -0.2) is 4.79 Å². The Morgan fingerprint density at radius 2 is 1.67 bits per heavy atom. The summed E-state index contributed by atoms with van der Waals surface area (Å²) in [4.78, 5) is 30.3. The van der Waals surface area contributed by atoms with E-state index < -0.39 is 11.2 Å². The second-order valence-electron chi connectivity index (χ2n) is 3.33. The maximum Gasteiger partial charge on any atom is 0.326 e. The van der Waals surface area contributed by atoms with Crippen molar-refractivity contribution in [1.29, 1.82) is 0 Å². The molecular formula is C10H7N3O2. The van der Waals surface area contributed by atoms with E-state index in [0.717, 1.165) is 10.9 Å². The number of hydrogen-bond acceptors (Lipinski definition) is 2. The fourth-order valence-electron chi connectivity index (χ4n) is 1.75. The average Bonchev–Trinajstić information content (AvgIpc) is 2.57. The van der Waals surface area contributed by atoms with Crippen molar-refractivity contribution in [3.8, 4) is 0 Å². The van der Waals surface area contributed by atoms with Crippen molar-refractivity contribution < 1.29 is 0 Å². The van der Waals surface area contributed by atoms with Crippen molar-refractivity contribution in [2.75, 3.05) is 0 Å². The number of aromatic nitrogens is 3. The SMILES string of the molecule is O=c1[nH]c(=O)c2[nH]c3ccccc3c2[nH]1. The van der Waals surface area contributed by atoms with Gasteiger partial charge in [0.25, 0.3) is 5.56 Å². The highest BCUT2D eigenvalue weighted by Crippen LogP contribution is 2.19. The monoisotopic (exact) mass is 201 g/mol. The first-order chi connectivity index (χ1) is 7.25. The van der Waals surface area contributed by atoms with E-state index in [1.807, 2.05) is 24.3 Å². The van der Waals surface area contributed by atoms with E-state index in [9.17, 15) is 9.59 Å². The Morgan fingerprint density at radius 1 is 0.867 bits per heavy atom. The smallest absolute Gasteiger partial charge is 0.326 e. The first-order valence-electron chi connectivity index (χ1n) is 4.49. The Hall–Kier alpha value is -2.30. The van der Waals surface area contributed by atoms with Crippen molar-refractivity contribution in [1.82, 2.24) is 15.0 Å². The molecule has 15 heavy (non-hydrogen) atoms. The van der Waals surface area contributed by atoms with Crippen LogP contribution in [0, 0.1) is 0 Å². The Kier molecular flexibility index (Phi) is 1.39. The molecular weight excluding hydrogens is 194 g/mol. The number of benzene rings is 1. The summed E-state index contributed by atoms with van der Waals surface area (Å²) < 4.78 is 0. The zero-order chi connectivity index (χ0) is 10.4. The minimum absolute atomic E-state index is 0.398. The molecule has 3 rings (SSSR count). The molecule has 74 valence electrons. The highest BCUT2D eigenvalue weighted by Gasteiger charge is 2.07. The van der Waals surface area contributed by atoms with Crippen LogP contribution in [0.4, 0.5) is 0 Å². The van der Waals surface area contributed by atoms with E-state index in [-0.39, 0.29) is 0 Å². The third-order valence-electron chi connectivity index (χ3n) is 2.40. The van der Waals surface area contributed by atoms with Crippen molar-refractivity contribution in [2.45, 2.75) is 0 Å². The van der Waals surface area contributed by atoms with Gasteiger partial charge in [-0.3, -0.25) is 9.78 Å². The zero-order valence-electron chi connectivity index (χ0n) is 7.63. The third-order valence-corrected chi connectivity index (χ3v) is 2.40. The molecule has 3 N–H and O–H groups in total.